The molecule has 7 nitrogen and oxygen atoms in total. The summed E-state index contributed by atoms with van der Waals surface area (Å²) in [7, 11) is 0. The Morgan fingerprint density at radius 2 is 1.63 bits per heavy atom. The van der Waals surface area contributed by atoms with E-state index in [4.69, 9.17) is 14.7 Å². The normalized spacial score (nSPS) is 11.5. The van der Waals surface area contributed by atoms with Gasteiger partial charge in [0.2, 0.25) is 11.8 Å². The molecule has 0 aliphatic carbocycles. The van der Waals surface area contributed by atoms with E-state index in [0.717, 1.165) is 38.8 Å². The summed E-state index contributed by atoms with van der Waals surface area (Å²) in [5.74, 6) is 1.61. The topological polar surface area (TPSA) is 86.0 Å². The highest BCUT2D eigenvalue weighted by molar-refractivity contribution is 6.11. The number of ether oxygens (including phenoxy) is 1. The summed E-state index contributed by atoms with van der Waals surface area (Å²) >= 11 is 0. The fourth-order valence-electron chi connectivity index (χ4n) is 4.69. The Labute approximate surface area is 201 Å². The molecule has 172 valence electrons. The quantitative estimate of drug-likeness (QED) is 0.335. The Morgan fingerprint density at radius 3 is 2.43 bits per heavy atom. The van der Waals surface area contributed by atoms with Gasteiger partial charge >= 0.3 is 0 Å². The second-order valence-electron chi connectivity index (χ2n) is 8.90. The van der Waals surface area contributed by atoms with Gasteiger partial charge in [0.05, 0.1) is 22.7 Å². The van der Waals surface area contributed by atoms with Crippen LogP contribution in [-0.2, 0) is 0 Å². The number of aryl methyl sites for hydroxylation is 4. The molecule has 1 N–H and O–H groups in total. The van der Waals surface area contributed by atoms with Gasteiger partial charge in [-0.15, -0.1) is 0 Å². The zero-order valence-electron chi connectivity index (χ0n) is 19.9. The molecule has 0 bridgehead atoms. The van der Waals surface area contributed by atoms with Gasteiger partial charge in [0, 0.05) is 28.2 Å². The van der Waals surface area contributed by atoms with Gasteiger partial charge in [0.1, 0.15) is 17.0 Å². The van der Waals surface area contributed by atoms with E-state index < -0.39 is 0 Å². The van der Waals surface area contributed by atoms with Crippen LogP contribution in [0.1, 0.15) is 22.5 Å². The van der Waals surface area contributed by atoms with Crippen molar-refractivity contribution in [2.45, 2.75) is 27.7 Å². The number of hydrogen-bond acceptors (Lipinski definition) is 6. The Morgan fingerprint density at radius 1 is 0.829 bits per heavy atom. The lowest BCUT2D eigenvalue weighted by atomic mass is 10.1. The highest BCUT2D eigenvalue weighted by Gasteiger charge is 2.18. The highest BCUT2D eigenvalue weighted by Crippen LogP contribution is 2.37. The van der Waals surface area contributed by atoms with Crippen molar-refractivity contribution >= 4 is 32.8 Å². The van der Waals surface area contributed by atoms with Crippen LogP contribution in [0.5, 0.6) is 17.4 Å². The predicted octanol–water partition coefficient (Wildman–Crippen LogP) is 6.25. The van der Waals surface area contributed by atoms with Crippen LogP contribution in [0.3, 0.4) is 0 Å². The third-order valence-corrected chi connectivity index (χ3v) is 6.11. The van der Waals surface area contributed by atoms with E-state index in [1.807, 2.05) is 32.0 Å². The Balaban J connectivity index is 1.58. The number of fused-ring (bicyclic) bond motifs is 4. The highest BCUT2D eigenvalue weighted by atomic mass is 16.5. The molecule has 6 rings (SSSR count). The largest absolute Gasteiger partial charge is 0.506 e. The third-order valence-electron chi connectivity index (χ3n) is 6.11. The van der Waals surface area contributed by atoms with Gasteiger partial charge < -0.3 is 9.84 Å². The van der Waals surface area contributed by atoms with E-state index in [-0.39, 0.29) is 5.75 Å². The Bertz CT molecular complexity index is 1770. The van der Waals surface area contributed by atoms with Crippen LogP contribution in [0, 0.1) is 27.7 Å². The molecule has 0 radical (unpaired) electrons. The Kier molecular flexibility index (Phi) is 4.67. The van der Waals surface area contributed by atoms with Crippen molar-refractivity contribution in [3.63, 3.8) is 0 Å². The van der Waals surface area contributed by atoms with Gasteiger partial charge in [0.15, 0.2) is 0 Å². The molecular weight excluding hydrogens is 438 g/mol. The van der Waals surface area contributed by atoms with E-state index in [9.17, 15) is 5.11 Å². The van der Waals surface area contributed by atoms with E-state index in [0.29, 0.717) is 28.6 Å². The van der Waals surface area contributed by atoms with Crippen LogP contribution in [0.25, 0.3) is 38.8 Å². The fourth-order valence-corrected chi connectivity index (χ4v) is 4.69. The van der Waals surface area contributed by atoms with Gasteiger partial charge in [-0.1, -0.05) is 17.7 Å². The third kappa shape index (κ3) is 3.52. The molecule has 7 heteroatoms. The molecule has 0 atom stereocenters. The number of nitrogens with zero attached hydrogens (tertiary/aromatic N) is 5. The van der Waals surface area contributed by atoms with Gasteiger partial charge in [0.25, 0.3) is 0 Å². The van der Waals surface area contributed by atoms with Crippen LogP contribution in [0.2, 0.25) is 0 Å². The molecule has 0 amide bonds. The number of para-hydroxylation sites is 1. The summed E-state index contributed by atoms with van der Waals surface area (Å²) in [6, 6.07) is 17.5. The molecule has 6 aromatic rings. The first-order valence-electron chi connectivity index (χ1n) is 11.4. The molecule has 0 unspecified atom stereocenters. The van der Waals surface area contributed by atoms with Crippen LogP contribution in [-0.4, -0.2) is 29.6 Å². The summed E-state index contributed by atoms with van der Waals surface area (Å²) in [6.45, 7) is 8.12. The van der Waals surface area contributed by atoms with Crippen molar-refractivity contribution in [3.8, 4) is 23.3 Å². The molecule has 0 saturated carbocycles. The number of rotatable bonds is 3. The SMILES string of the molecule is Cc1ccc2c(c1)c1c(C)cc(Oc3cnc4cccc(O)c4n3)cc1n2-c1nc(C)cc(C)n1. The van der Waals surface area contributed by atoms with Crippen molar-refractivity contribution in [1.29, 1.82) is 0 Å². The number of benzene rings is 3. The van der Waals surface area contributed by atoms with Crippen molar-refractivity contribution in [3.05, 3.63) is 83.3 Å². The number of aromatic hydroxyl groups is 1. The maximum Gasteiger partial charge on any atom is 0.238 e. The Hall–Kier alpha value is -4.52. The summed E-state index contributed by atoms with van der Waals surface area (Å²) in [5.41, 5.74) is 7.04. The minimum Gasteiger partial charge on any atom is -0.506 e. The maximum absolute atomic E-state index is 10.2. The molecule has 0 saturated heterocycles. The second kappa shape index (κ2) is 7.77. The fraction of sp³-hybridized carbons (Fsp3) is 0.143. The first-order chi connectivity index (χ1) is 16.9. The van der Waals surface area contributed by atoms with Crippen molar-refractivity contribution in [1.82, 2.24) is 24.5 Å². The number of aromatic nitrogens is 5. The van der Waals surface area contributed by atoms with E-state index >= 15 is 0 Å². The molecule has 0 fully saturated rings. The molecule has 3 aromatic heterocycles. The first-order valence-corrected chi connectivity index (χ1v) is 11.4. The minimum absolute atomic E-state index is 0.0644. The number of hydrogen-bond donors (Lipinski definition) is 1. The van der Waals surface area contributed by atoms with E-state index in [1.165, 1.54) is 5.56 Å². The summed E-state index contributed by atoms with van der Waals surface area (Å²) < 4.78 is 8.23. The molecule has 3 aromatic carbocycles. The lowest BCUT2D eigenvalue weighted by molar-refractivity contribution is 0.457. The second-order valence-corrected chi connectivity index (χ2v) is 8.90. The maximum atomic E-state index is 10.2. The first kappa shape index (κ1) is 21.0. The standard InChI is InChI=1S/C28H23N5O2/c1-15-8-9-22-20(10-15)26-16(2)11-19(13-23(26)33(22)28-30-17(3)12-18(4)31-28)35-25-14-29-21-6-5-7-24(34)27(21)32-25/h5-14,34H,1-4H3. The van der Waals surface area contributed by atoms with Gasteiger partial charge in [-0.2, -0.15) is 0 Å². The van der Waals surface area contributed by atoms with E-state index in [2.05, 4.69) is 46.6 Å². The molecular formula is C28H23N5O2. The lowest BCUT2D eigenvalue weighted by Gasteiger charge is -2.10. The molecule has 0 spiro atoms. The van der Waals surface area contributed by atoms with Crippen molar-refractivity contribution < 1.29 is 9.84 Å². The molecule has 0 aliphatic heterocycles. The van der Waals surface area contributed by atoms with Crippen LogP contribution in [0.4, 0.5) is 0 Å². The molecule has 35 heavy (non-hydrogen) atoms. The summed E-state index contributed by atoms with van der Waals surface area (Å²) in [5, 5.41) is 12.4. The summed E-state index contributed by atoms with van der Waals surface area (Å²) in [6.07, 6.45) is 1.56. The van der Waals surface area contributed by atoms with E-state index in [1.54, 1.807) is 24.4 Å². The molecule has 0 aliphatic rings. The van der Waals surface area contributed by atoms with Crippen molar-refractivity contribution in [2.24, 2.45) is 0 Å². The smallest absolute Gasteiger partial charge is 0.238 e. The number of phenolic OH excluding ortho intramolecular Hbond substituents is 1. The van der Waals surface area contributed by atoms with Crippen molar-refractivity contribution in [2.75, 3.05) is 0 Å². The van der Waals surface area contributed by atoms with Gasteiger partial charge in [-0.3, -0.25) is 4.57 Å². The average Bonchev–Trinajstić information content (AvgIpc) is 3.12. The zero-order chi connectivity index (χ0) is 24.3. The minimum atomic E-state index is 0.0644. The van der Waals surface area contributed by atoms with Crippen LogP contribution >= 0.6 is 0 Å². The monoisotopic (exact) mass is 461 g/mol. The predicted molar refractivity (Wildman–Crippen MR) is 137 cm³/mol. The van der Waals surface area contributed by atoms with Crippen LogP contribution < -0.4 is 4.74 Å². The van der Waals surface area contributed by atoms with Gasteiger partial charge in [-0.05, 0) is 69.7 Å². The lowest BCUT2D eigenvalue weighted by Crippen LogP contribution is -2.03. The average molecular weight is 462 g/mol. The number of phenols is 1. The van der Waals surface area contributed by atoms with Gasteiger partial charge in [-0.25, -0.2) is 19.9 Å². The van der Waals surface area contributed by atoms with Crippen LogP contribution in [0.15, 0.2) is 60.8 Å². The summed E-state index contributed by atoms with van der Waals surface area (Å²) in [4.78, 5) is 18.3. The molecule has 3 heterocycles. The zero-order valence-corrected chi connectivity index (χ0v) is 19.9.